The lowest BCUT2D eigenvalue weighted by Crippen LogP contribution is -2.23. The third-order valence-electron chi connectivity index (χ3n) is 8.76. The van der Waals surface area contributed by atoms with Crippen molar-refractivity contribution in [2.45, 2.75) is 38.5 Å². The van der Waals surface area contributed by atoms with Gasteiger partial charge in [-0.3, -0.25) is 0 Å². The maximum Gasteiger partial charge on any atom is 0.0159 e. The summed E-state index contributed by atoms with van der Waals surface area (Å²) in [5, 5.41) is 5.62. The lowest BCUT2D eigenvalue weighted by molar-refractivity contribution is 0.639. The average molecular weight is 409 g/mol. The zero-order valence-corrected chi connectivity index (χ0v) is 18.9. The Kier molecular flexibility index (Phi) is 2.68. The molecule has 0 amide bonds. The Morgan fingerprint density at radius 1 is 0.438 bits per heavy atom. The molecule has 0 atom stereocenters. The molecule has 5 aromatic rings. The highest BCUT2D eigenvalue weighted by atomic mass is 14.5. The van der Waals surface area contributed by atoms with Gasteiger partial charge in [0.15, 0.2) is 0 Å². The molecule has 0 aliphatic heterocycles. The first kappa shape index (κ1) is 17.2. The quantitative estimate of drug-likeness (QED) is 0.236. The fourth-order valence-electron chi connectivity index (χ4n) is 7.12. The molecule has 0 unspecified atom stereocenters. The van der Waals surface area contributed by atoms with Gasteiger partial charge in [0.1, 0.15) is 0 Å². The second-order valence-electron chi connectivity index (χ2n) is 11.0. The number of benzene rings is 5. The normalized spacial score (nSPS) is 17.2. The molecule has 32 heavy (non-hydrogen) atoms. The predicted octanol–water partition coefficient (Wildman–Crippen LogP) is 8.59. The van der Waals surface area contributed by atoms with Gasteiger partial charge in [0.05, 0.1) is 0 Å². The highest BCUT2D eigenvalue weighted by Gasteiger charge is 2.46. The molecular weight excluding hydrogens is 384 g/mol. The lowest BCUT2D eigenvalue weighted by Gasteiger charge is -2.35. The third-order valence-corrected chi connectivity index (χ3v) is 8.76. The molecule has 0 saturated carbocycles. The van der Waals surface area contributed by atoms with E-state index in [0.717, 1.165) is 0 Å². The first-order valence-corrected chi connectivity index (χ1v) is 11.7. The summed E-state index contributed by atoms with van der Waals surface area (Å²) in [5.74, 6) is 0. The summed E-state index contributed by atoms with van der Waals surface area (Å²) in [6.07, 6.45) is 0. The van der Waals surface area contributed by atoms with Crippen LogP contribution in [0.25, 0.3) is 54.9 Å². The van der Waals surface area contributed by atoms with Crippen LogP contribution in [0.4, 0.5) is 0 Å². The van der Waals surface area contributed by atoms with Crippen molar-refractivity contribution in [1.29, 1.82) is 0 Å². The van der Waals surface area contributed by atoms with Gasteiger partial charge in [-0.25, -0.2) is 0 Å². The van der Waals surface area contributed by atoms with E-state index < -0.39 is 0 Å². The van der Waals surface area contributed by atoms with Gasteiger partial charge in [-0.15, -0.1) is 0 Å². The van der Waals surface area contributed by atoms with Crippen LogP contribution in [0.1, 0.15) is 49.9 Å². The Labute approximate surface area is 188 Å². The molecule has 0 nitrogen and oxygen atoms in total. The van der Waals surface area contributed by atoms with E-state index in [4.69, 9.17) is 0 Å². The molecule has 0 aromatic heterocycles. The molecule has 0 bridgehead atoms. The van der Waals surface area contributed by atoms with E-state index >= 15 is 0 Å². The topological polar surface area (TPSA) is 0 Å². The number of rotatable bonds is 0. The van der Waals surface area contributed by atoms with Crippen LogP contribution in [0, 0.1) is 0 Å². The van der Waals surface area contributed by atoms with Crippen molar-refractivity contribution in [3.8, 4) is 33.4 Å². The molecule has 5 aromatic carbocycles. The van der Waals surface area contributed by atoms with Crippen molar-refractivity contribution in [2.24, 2.45) is 0 Å². The second kappa shape index (κ2) is 4.99. The molecule has 3 aliphatic carbocycles. The number of hydrogen-bond acceptors (Lipinski definition) is 0. The van der Waals surface area contributed by atoms with Crippen molar-refractivity contribution >= 4 is 21.5 Å². The second-order valence-corrected chi connectivity index (χ2v) is 11.0. The summed E-state index contributed by atoms with van der Waals surface area (Å²) in [6.45, 7) is 9.66. The van der Waals surface area contributed by atoms with E-state index in [1.807, 2.05) is 0 Å². The van der Waals surface area contributed by atoms with Crippen LogP contribution < -0.4 is 0 Å². The van der Waals surface area contributed by atoms with Crippen LogP contribution in [0.5, 0.6) is 0 Å². The summed E-state index contributed by atoms with van der Waals surface area (Å²) < 4.78 is 0. The molecule has 3 aliphatic rings. The summed E-state index contributed by atoms with van der Waals surface area (Å²) in [6, 6.07) is 28.0. The predicted molar refractivity (Wildman–Crippen MR) is 136 cm³/mol. The fourth-order valence-corrected chi connectivity index (χ4v) is 7.12. The minimum atomic E-state index is -0.00727. The summed E-state index contributed by atoms with van der Waals surface area (Å²) in [7, 11) is 0. The van der Waals surface area contributed by atoms with Crippen molar-refractivity contribution in [3.63, 3.8) is 0 Å². The van der Waals surface area contributed by atoms with E-state index in [1.54, 1.807) is 0 Å². The number of hydrogen-bond donors (Lipinski definition) is 0. The van der Waals surface area contributed by atoms with Crippen LogP contribution >= 0.6 is 0 Å². The van der Waals surface area contributed by atoms with Gasteiger partial charge in [-0.1, -0.05) is 82.3 Å². The molecular formula is C32H24. The van der Waals surface area contributed by atoms with Crippen LogP contribution in [-0.2, 0) is 10.8 Å². The zero-order chi connectivity index (χ0) is 21.6. The number of fused-ring (bicyclic) bond motifs is 4. The van der Waals surface area contributed by atoms with Crippen LogP contribution in [0.3, 0.4) is 0 Å². The van der Waals surface area contributed by atoms with Gasteiger partial charge in [0, 0.05) is 10.8 Å². The largest absolute Gasteiger partial charge is 0.0616 e. The Hall–Kier alpha value is -3.38. The molecule has 0 fully saturated rings. The van der Waals surface area contributed by atoms with Crippen molar-refractivity contribution < 1.29 is 0 Å². The summed E-state index contributed by atoms with van der Waals surface area (Å²) in [4.78, 5) is 0. The van der Waals surface area contributed by atoms with Crippen LogP contribution in [0.15, 0.2) is 72.8 Å². The molecule has 0 spiro atoms. The molecule has 0 heterocycles. The van der Waals surface area contributed by atoms with Gasteiger partial charge in [0.25, 0.3) is 0 Å². The average Bonchev–Trinajstić information content (AvgIpc) is 3.22. The van der Waals surface area contributed by atoms with E-state index in [1.165, 1.54) is 77.2 Å². The smallest absolute Gasteiger partial charge is 0.0159 e. The van der Waals surface area contributed by atoms with Gasteiger partial charge in [-0.05, 0) is 95.4 Å². The van der Waals surface area contributed by atoms with Crippen molar-refractivity contribution in [1.82, 2.24) is 0 Å². The Bertz CT molecular complexity index is 1710. The van der Waals surface area contributed by atoms with Crippen LogP contribution in [-0.4, -0.2) is 0 Å². The maximum atomic E-state index is 2.54. The Morgan fingerprint density at radius 2 is 1.06 bits per heavy atom. The maximum absolute atomic E-state index is 2.54. The standard InChI is InChI=1S/C32H24/c1-31(2)23-10-7-11-24-28(23)30-26(32(24,3)4)16-22-21-15-18-9-6-5-8-17(18)14-20(21)19-12-13-25(31)29(30)27(19)22/h5-16H,1-4H3. The van der Waals surface area contributed by atoms with Gasteiger partial charge in [-0.2, -0.15) is 0 Å². The highest BCUT2D eigenvalue weighted by molar-refractivity contribution is 6.23. The lowest BCUT2D eigenvalue weighted by atomic mass is 9.68. The summed E-state index contributed by atoms with van der Waals surface area (Å²) in [5.41, 5.74) is 14.6. The molecule has 0 radical (unpaired) electrons. The Balaban J connectivity index is 1.64. The first-order valence-electron chi connectivity index (χ1n) is 11.7. The first-order chi connectivity index (χ1) is 15.4. The van der Waals surface area contributed by atoms with Crippen LogP contribution in [0.2, 0.25) is 0 Å². The summed E-state index contributed by atoms with van der Waals surface area (Å²) >= 11 is 0. The van der Waals surface area contributed by atoms with E-state index in [9.17, 15) is 0 Å². The monoisotopic (exact) mass is 408 g/mol. The van der Waals surface area contributed by atoms with E-state index in [-0.39, 0.29) is 10.8 Å². The van der Waals surface area contributed by atoms with Crippen molar-refractivity contribution in [2.75, 3.05) is 0 Å². The molecule has 8 rings (SSSR count). The van der Waals surface area contributed by atoms with E-state index in [2.05, 4.69) is 100 Å². The zero-order valence-electron chi connectivity index (χ0n) is 18.9. The Morgan fingerprint density at radius 3 is 1.75 bits per heavy atom. The molecule has 0 heteroatoms. The minimum absolute atomic E-state index is 0.00727. The fraction of sp³-hybridized carbons (Fsp3) is 0.188. The molecule has 152 valence electrons. The minimum Gasteiger partial charge on any atom is -0.0616 e. The van der Waals surface area contributed by atoms with Crippen molar-refractivity contribution in [3.05, 3.63) is 95.1 Å². The van der Waals surface area contributed by atoms with Gasteiger partial charge in [0.2, 0.25) is 0 Å². The van der Waals surface area contributed by atoms with E-state index in [0.29, 0.717) is 0 Å². The van der Waals surface area contributed by atoms with Gasteiger partial charge < -0.3 is 0 Å². The third kappa shape index (κ3) is 1.66. The van der Waals surface area contributed by atoms with Gasteiger partial charge >= 0.3 is 0 Å². The molecule has 0 N–H and O–H groups in total. The highest BCUT2D eigenvalue weighted by Crippen LogP contribution is 2.63. The molecule has 0 saturated heterocycles. The SMILES string of the molecule is CC1(C)c2cccc3c2-c2c1cc1c4c(ccc(c24)C3(C)C)-c2cc3ccccc3cc2-1.